The van der Waals surface area contributed by atoms with Crippen LogP contribution in [0.15, 0.2) is 54.6 Å². The number of benzene rings is 2. The van der Waals surface area contributed by atoms with Crippen LogP contribution in [0, 0.1) is 0 Å². The second-order valence-electron chi connectivity index (χ2n) is 5.91. The summed E-state index contributed by atoms with van der Waals surface area (Å²) in [5.41, 5.74) is 7.46. The van der Waals surface area contributed by atoms with Crippen LogP contribution in [0.4, 0.5) is 5.69 Å². The third kappa shape index (κ3) is 5.68. The molecule has 5 nitrogen and oxygen atoms in total. The van der Waals surface area contributed by atoms with Gasteiger partial charge in [0.2, 0.25) is 5.91 Å². The largest absolute Gasteiger partial charge is 0.493 e. The summed E-state index contributed by atoms with van der Waals surface area (Å²) in [5.74, 6) is 0.491. The van der Waals surface area contributed by atoms with Gasteiger partial charge in [-0.25, -0.2) is 0 Å². The van der Waals surface area contributed by atoms with E-state index in [1.165, 1.54) is 0 Å². The van der Waals surface area contributed by atoms with Gasteiger partial charge in [-0.15, -0.1) is 0 Å². The minimum absolute atomic E-state index is 0.244. The van der Waals surface area contributed by atoms with Crippen molar-refractivity contribution in [3.05, 3.63) is 60.2 Å². The van der Waals surface area contributed by atoms with E-state index in [-0.39, 0.29) is 5.91 Å². The number of nitrogens with zero attached hydrogens (tertiary/aromatic N) is 1. The maximum Gasteiger partial charge on any atom is 0.245 e. The zero-order chi connectivity index (χ0) is 17.4. The highest BCUT2D eigenvalue weighted by molar-refractivity contribution is 5.95. The van der Waals surface area contributed by atoms with Gasteiger partial charge in [-0.2, -0.15) is 0 Å². The average molecular weight is 327 g/mol. The zero-order valence-corrected chi connectivity index (χ0v) is 14.2. The molecule has 2 rings (SSSR count). The number of hydrogen-bond acceptors (Lipinski definition) is 4. The number of anilines is 1. The summed E-state index contributed by atoms with van der Waals surface area (Å²) in [6.07, 6.45) is 0.947. The second-order valence-corrected chi connectivity index (χ2v) is 5.91. The van der Waals surface area contributed by atoms with Gasteiger partial charge in [0.1, 0.15) is 11.8 Å². The first-order chi connectivity index (χ1) is 11.6. The molecule has 0 aromatic heterocycles. The van der Waals surface area contributed by atoms with Crippen LogP contribution < -0.4 is 15.8 Å². The lowest BCUT2D eigenvalue weighted by Gasteiger charge is -2.14. The molecule has 0 fully saturated rings. The Morgan fingerprint density at radius 3 is 2.62 bits per heavy atom. The van der Waals surface area contributed by atoms with Crippen molar-refractivity contribution in [2.45, 2.75) is 12.5 Å². The number of carbonyl (C=O) groups excluding carboxylic acids is 1. The third-order valence-corrected chi connectivity index (χ3v) is 3.56. The Kier molecular flexibility index (Phi) is 6.78. The molecule has 1 amide bonds. The zero-order valence-electron chi connectivity index (χ0n) is 14.2. The quantitative estimate of drug-likeness (QED) is 0.732. The van der Waals surface area contributed by atoms with Crippen molar-refractivity contribution in [1.29, 1.82) is 0 Å². The number of hydrogen-bond donors (Lipinski definition) is 2. The number of ether oxygens (including phenoxy) is 1. The smallest absolute Gasteiger partial charge is 0.245 e. The Morgan fingerprint density at radius 1 is 1.17 bits per heavy atom. The molecule has 0 saturated carbocycles. The minimum atomic E-state index is -0.698. The van der Waals surface area contributed by atoms with Crippen molar-refractivity contribution >= 4 is 11.6 Å². The van der Waals surface area contributed by atoms with Crippen LogP contribution in [0.3, 0.4) is 0 Å². The molecule has 24 heavy (non-hydrogen) atoms. The fraction of sp³-hybridized carbons (Fsp3) is 0.316. The van der Waals surface area contributed by atoms with Gasteiger partial charge in [-0.1, -0.05) is 36.4 Å². The van der Waals surface area contributed by atoms with E-state index in [0.717, 1.165) is 24.3 Å². The van der Waals surface area contributed by atoms with Crippen molar-refractivity contribution < 1.29 is 9.53 Å². The molecule has 0 aliphatic carbocycles. The summed E-state index contributed by atoms with van der Waals surface area (Å²) >= 11 is 0. The Bertz CT molecular complexity index is 644. The lowest BCUT2D eigenvalue weighted by atomic mass is 10.1. The SMILES string of the molecule is CN(C)CCCOc1cccc(NC(=O)C(N)c2ccccc2)c1. The summed E-state index contributed by atoms with van der Waals surface area (Å²) in [6.45, 7) is 1.61. The number of rotatable bonds is 8. The molecule has 5 heteroatoms. The molecule has 1 unspecified atom stereocenters. The molecule has 2 aromatic rings. The maximum atomic E-state index is 12.3. The van der Waals surface area contributed by atoms with Crippen molar-refractivity contribution in [3.8, 4) is 5.75 Å². The second kappa shape index (κ2) is 9.05. The summed E-state index contributed by atoms with van der Waals surface area (Å²) in [6, 6.07) is 16.0. The standard InChI is InChI=1S/C19H25N3O2/c1-22(2)12-7-13-24-17-11-6-10-16(14-17)21-19(23)18(20)15-8-4-3-5-9-15/h3-6,8-11,14,18H,7,12-13,20H2,1-2H3,(H,21,23). The van der Waals surface area contributed by atoms with Crippen LogP contribution in [-0.4, -0.2) is 38.1 Å². The molecule has 0 radical (unpaired) electrons. The van der Waals surface area contributed by atoms with E-state index in [0.29, 0.717) is 12.3 Å². The lowest BCUT2D eigenvalue weighted by molar-refractivity contribution is -0.117. The van der Waals surface area contributed by atoms with E-state index >= 15 is 0 Å². The molecule has 0 aliphatic heterocycles. The molecule has 3 N–H and O–H groups in total. The highest BCUT2D eigenvalue weighted by Crippen LogP contribution is 2.19. The third-order valence-electron chi connectivity index (χ3n) is 3.56. The first kappa shape index (κ1) is 18.0. The summed E-state index contributed by atoms with van der Waals surface area (Å²) in [4.78, 5) is 14.4. The molecule has 0 aliphatic rings. The summed E-state index contributed by atoms with van der Waals surface area (Å²) in [7, 11) is 4.07. The Hall–Kier alpha value is -2.37. The van der Waals surface area contributed by atoms with Gasteiger partial charge < -0.3 is 20.7 Å². The maximum absolute atomic E-state index is 12.3. The van der Waals surface area contributed by atoms with Crippen molar-refractivity contribution in [2.75, 3.05) is 32.6 Å². The molecule has 128 valence electrons. The van der Waals surface area contributed by atoms with E-state index in [2.05, 4.69) is 10.2 Å². The molecule has 0 spiro atoms. The van der Waals surface area contributed by atoms with E-state index in [4.69, 9.17) is 10.5 Å². The van der Waals surface area contributed by atoms with Gasteiger partial charge in [0, 0.05) is 18.3 Å². The number of amides is 1. The molecule has 1 atom stereocenters. The fourth-order valence-electron chi connectivity index (χ4n) is 2.27. The van der Waals surface area contributed by atoms with Crippen LogP contribution >= 0.6 is 0 Å². The Balaban J connectivity index is 1.90. The number of nitrogens with one attached hydrogen (secondary N) is 1. The fourth-order valence-corrected chi connectivity index (χ4v) is 2.27. The molecule has 0 bridgehead atoms. The highest BCUT2D eigenvalue weighted by atomic mass is 16.5. The molecular weight excluding hydrogens is 302 g/mol. The lowest BCUT2D eigenvalue weighted by Crippen LogP contribution is -2.27. The molecular formula is C19H25N3O2. The first-order valence-corrected chi connectivity index (χ1v) is 8.05. The van der Waals surface area contributed by atoms with Gasteiger partial charge >= 0.3 is 0 Å². The van der Waals surface area contributed by atoms with E-state index in [1.807, 2.05) is 68.7 Å². The molecule has 0 saturated heterocycles. The number of nitrogens with two attached hydrogens (primary N) is 1. The van der Waals surface area contributed by atoms with Crippen LogP contribution in [-0.2, 0) is 4.79 Å². The van der Waals surface area contributed by atoms with Crippen LogP contribution in [0.25, 0.3) is 0 Å². The summed E-state index contributed by atoms with van der Waals surface area (Å²) in [5, 5.41) is 2.84. The van der Waals surface area contributed by atoms with Gasteiger partial charge in [-0.05, 0) is 38.2 Å². The molecule has 0 heterocycles. The van der Waals surface area contributed by atoms with Crippen molar-refractivity contribution in [3.63, 3.8) is 0 Å². The van der Waals surface area contributed by atoms with Crippen molar-refractivity contribution in [1.82, 2.24) is 4.90 Å². The monoisotopic (exact) mass is 327 g/mol. The van der Waals surface area contributed by atoms with E-state index in [9.17, 15) is 4.79 Å². The Labute approximate surface area is 143 Å². The normalized spacial score (nSPS) is 12.0. The van der Waals surface area contributed by atoms with E-state index < -0.39 is 6.04 Å². The topological polar surface area (TPSA) is 67.6 Å². The summed E-state index contributed by atoms with van der Waals surface area (Å²) < 4.78 is 5.71. The van der Waals surface area contributed by atoms with Crippen molar-refractivity contribution in [2.24, 2.45) is 5.73 Å². The number of carbonyl (C=O) groups is 1. The first-order valence-electron chi connectivity index (χ1n) is 8.05. The molecule has 2 aromatic carbocycles. The van der Waals surface area contributed by atoms with Gasteiger partial charge in [0.05, 0.1) is 6.61 Å². The van der Waals surface area contributed by atoms with Gasteiger partial charge in [0.15, 0.2) is 0 Å². The van der Waals surface area contributed by atoms with Crippen LogP contribution in [0.5, 0.6) is 5.75 Å². The van der Waals surface area contributed by atoms with Crippen LogP contribution in [0.2, 0.25) is 0 Å². The Morgan fingerprint density at radius 2 is 1.92 bits per heavy atom. The predicted octanol–water partition coefficient (Wildman–Crippen LogP) is 2.66. The average Bonchev–Trinajstić information content (AvgIpc) is 2.59. The van der Waals surface area contributed by atoms with Gasteiger partial charge in [0.25, 0.3) is 0 Å². The van der Waals surface area contributed by atoms with Crippen LogP contribution in [0.1, 0.15) is 18.0 Å². The minimum Gasteiger partial charge on any atom is -0.493 e. The van der Waals surface area contributed by atoms with E-state index in [1.54, 1.807) is 0 Å². The predicted molar refractivity (Wildman–Crippen MR) is 97.1 cm³/mol. The van der Waals surface area contributed by atoms with Gasteiger partial charge in [-0.3, -0.25) is 4.79 Å². The highest BCUT2D eigenvalue weighted by Gasteiger charge is 2.15.